The number of alkyl carbamates (subject to hydrolysis) is 1. The number of ether oxygens (including phenoxy) is 1. The molecule has 166 valence electrons. The van der Waals surface area contributed by atoms with Gasteiger partial charge in [-0.15, -0.1) is 0 Å². The Hall–Kier alpha value is -2.19. The van der Waals surface area contributed by atoms with Gasteiger partial charge in [-0.1, -0.05) is 12.1 Å². The third-order valence-electron chi connectivity index (χ3n) is 5.83. The number of piperidine rings is 2. The van der Waals surface area contributed by atoms with Crippen LogP contribution in [0, 0.1) is 5.82 Å². The lowest BCUT2D eigenvalue weighted by Gasteiger charge is -2.43. The number of halogens is 1. The number of hydrogen-bond donors (Lipinski definition) is 3. The third-order valence-corrected chi connectivity index (χ3v) is 5.83. The van der Waals surface area contributed by atoms with Crippen molar-refractivity contribution in [1.82, 2.24) is 15.5 Å². The predicted octanol–water partition coefficient (Wildman–Crippen LogP) is 2.71. The molecule has 3 N–H and O–H groups in total. The minimum absolute atomic E-state index is 0.0762. The molecule has 0 saturated carbocycles. The summed E-state index contributed by atoms with van der Waals surface area (Å²) in [5, 5.41) is 15.7. The van der Waals surface area contributed by atoms with Gasteiger partial charge in [0.25, 0.3) is 0 Å². The van der Waals surface area contributed by atoms with Crippen molar-refractivity contribution in [3.05, 3.63) is 35.6 Å². The first-order valence-corrected chi connectivity index (χ1v) is 10.6. The Bertz CT molecular complexity index is 742. The average molecular weight is 422 g/mol. The molecule has 7 nitrogen and oxygen atoms in total. The fourth-order valence-corrected chi connectivity index (χ4v) is 4.38. The number of rotatable bonds is 4. The van der Waals surface area contributed by atoms with E-state index < -0.39 is 17.6 Å². The lowest BCUT2D eigenvalue weighted by atomic mass is 9.82. The molecule has 0 spiro atoms. The number of carbonyl (C=O) groups is 2. The van der Waals surface area contributed by atoms with Crippen molar-refractivity contribution in [2.45, 2.75) is 69.7 Å². The maximum absolute atomic E-state index is 13.3. The molecule has 0 aromatic heterocycles. The monoisotopic (exact) mass is 421 g/mol. The van der Waals surface area contributed by atoms with E-state index in [1.165, 1.54) is 12.1 Å². The minimum Gasteiger partial charge on any atom is -0.480 e. The first-order chi connectivity index (χ1) is 14.1. The molecule has 1 aromatic carbocycles. The summed E-state index contributed by atoms with van der Waals surface area (Å²) in [6.07, 6.45) is 1.94. The molecule has 1 amide bonds. The summed E-state index contributed by atoms with van der Waals surface area (Å²) >= 11 is 0. The van der Waals surface area contributed by atoms with Crippen LogP contribution in [0.4, 0.5) is 9.18 Å². The van der Waals surface area contributed by atoms with E-state index in [0.717, 1.165) is 31.5 Å². The minimum atomic E-state index is -0.886. The van der Waals surface area contributed by atoms with Crippen LogP contribution in [0.2, 0.25) is 0 Å². The number of hydrogen-bond acceptors (Lipinski definition) is 5. The van der Waals surface area contributed by atoms with Crippen molar-refractivity contribution < 1.29 is 23.8 Å². The molecule has 3 unspecified atom stereocenters. The molecule has 8 heteroatoms. The van der Waals surface area contributed by atoms with E-state index in [9.17, 15) is 19.1 Å². The molecule has 2 aliphatic rings. The van der Waals surface area contributed by atoms with Crippen LogP contribution in [0.25, 0.3) is 0 Å². The largest absolute Gasteiger partial charge is 0.480 e. The summed E-state index contributed by atoms with van der Waals surface area (Å²) in [4.78, 5) is 26.1. The number of aliphatic carboxylic acids is 1. The fraction of sp³-hybridized carbons (Fsp3) is 0.636. The smallest absolute Gasteiger partial charge is 0.407 e. The molecule has 0 aliphatic carbocycles. The molecule has 30 heavy (non-hydrogen) atoms. The van der Waals surface area contributed by atoms with Crippen LogP contribution < -0.4 is 10.6 Å². The van der Waals surface area contributed by atoms with E-state index >= 15 is 0 Å². The Morgan fingerprint density at radius 2 is 1.83 bits per heavy atom. The summed E-state index contributed by atoms with van der Waals surface area (Å²) in [5.74, 6) is -1.44. The van der Waals surface area contributed by atoms with Gasteiger partial charge >= 0.3 is 12.1 Å². The van der Waals surface area contributed by atoms with Crippen molar-refractivity contribution in [1.29, 1.82) is 0 Å². The molecular weight excluding hydrogens is 389 g/mol. The lowest BCUT2D eigenvalue weighted by molar-refractivity contribution is -0.141. The van der Waals surface area contributed by atoms with Gasteiger partial charge in [-0.2, -0.15) is 0 Å². The van der Waals surface area contributed by atoms with Crippen LogP contribution in [0.5, 0.6) is 0 Å². The summed E-state index contributed by atoms with van der Waals surface area (Å²) in [6, 6.07) is 5.70. The van der Waals surface area contributed by atoms with Gasteiger partial charge in [0, 0.05) is 37.6 Å². The highest BCUT2D eigenvalue weighted by atomic mass is 19.1. The van der Waals surface area contributed by atoms with Crippen molar-refractivity contribution in [2.75, 3.05) is 19.6 Å². The molecule has 3 rings (SSSR count). The predicted molar refractivity (Wildman–Crippen MR) is 111 cm³/mol. The maximum atomic E-state index is 13.3. The molecule has 2 aliphatic heterocycles. The zero-order valence-corrected chi connectivity index (χ0v) is 17.9. The highest BCUT2D eigenvalue weighted by Crippen LogP contribution is 2.31. The van der Waals surface area contributed by atoms with Gasteiger partial charge in [0.2, 0.25) is 0 Å². The normalized spacial score (nSPS) is 26.2. The summed E-state index contributed by atoms with van der Waals surface area (Å²) in [6.45, 7) is 7.76. The van der Waals surface area contributed by atoms with Crippen LogP contribution in [0.1, 0.15) is 51.5 Å². The first-order valence-electron chi connectivity index (χ1n) is 10.6. The van der Waals surface area contributed by atoms with E-state index in [1.807, 2.05) is 20.8 Å². The van der Waals surface area contributed by atoms with E-state index in [2.05, 4.69) is 15.5 Å². The maximum Gasteiger partial charge on any atom is 0.407 e. The van der Waals surface area contributed by atoms with Crippen LogP contribution in [0.15, 0.2) is 24.3 Å². The van der Waals surface area contributed by atoms with E-state index in [1.54, 1.807) is 12.1 Å². The summed E-state index contributed by atoms with van der Waals surface area (Å²) in [7, 11) is 0. The van der Waals surface area contributed by atoms with Gasteiger partial charge < -0.3 is 20.5 Å². The molecule has 2 saturated heterocycles. The number of nitrogens with zero attached hydrogens (tertiary/aromatic N) is 1. The fourth-order valence-electron chi connectivity index (χ4n) is 4.38. The van der Waals surface area contributed by atoms with Gasteiger partial charge in [0.15, 0.2) is 0 Å². The van der Waals surface area contributed by atoms with E-state index in [4.69, 9.17) is 4.74 Å². The van der Waals surface area contributed by atoms with Crippen LogP contribution in [0.3, 0.4) is 0 Å². The van der Waals surface area contributed by atoms with Gasteiger partial charge in [0.1, 0.15) is 17.5 Å². The standard InChI is InChI=1S/C22H32FN3O4/c1-22(2,3)30-21(29)25-16-8-10-26(11-9-16)17-12-18(19(20(27)28)24-13-17)14-4-6-15(23)7-5-14/h4-7,16-19,24H,8-13H2,1-3H3,(H,25,29)(H,27,28). The Kier molecular flexibility index (Phi) is 6.98. The summed E-state index contributed by atoms with van der Waals surface area (Å²) in [5.41, 5.74) is 0.316. The SMILES string of the molecule is CC(C)(C)OC(=O)NC1CCN(C2CNC(C(=O)O)C(c3ccc(F)cc3)C2)CC1. The lowest BCUT2D eigenvalue weighted by Crippen LogP contribution is -2.57. The second kappa shape index (κ2) is 9.31. The second-order valence-corrected chi connectivity index (χ2v) is 9.23. The molecule has 2 heterocycles. The first kappa shape index (κ1) is 22.5. The van der Waals surface area contributed by atoms with Crippen LogP contribution in [-0.4, -0.2) is 65.4 Å². The molecule has 1 aromatic rings. The number of carboxylic acid groups (broad SMARTS) is 1. The number of likely N-dealkylation sites (tertiary alicyclic amines) is 1. The summed E-state index contributed by atoms with van der Waals surface area (Å²) < 4.78 is 18.6. The van der Waals surface area contributed by atoms with E-state index in [-0.39, 0.29) is 29.9 Å². The highest BCUT2D eigenvalue weighted by molar-refractivity contribution is 5.75. The third kappa shape index (κ3) is 5.92. The number of carbonyl (C=O) groups excluding carboxylic acids is 1. The molecule has 3 atom stereocenters. The number of benzene rings is 1. The quantitative estimate of drug-likeness (QED) is 0.693. The zero-order chi connectivity index (χ0) is 21.9. The van der Waals surface area contributed by atoms with Gasteiger partial charge in [-0.25, -0.2) is 9.18 Å². The highest BCUT2D eigenvalue weighted by Gasteiger charge is 2.38. The Morgan fingerprint density at radius 1 is 1.20 bits per heavy atom. The van der Waals surface area contributed by atoms with Gasteiger partial charge in [-0.3, -0.25) is 9.69 Å². The molecular formula is C22H32FN3O4. The number of nitrogens with one attached hydrogen (secondary N) is 2. The molecule has 0 radical (unpaired) electrons. The topological polar surface area (TPSA) is 90.9 Å². The Labute approximate surface area is 177 Å². The zero-order valence-electron chi connectivity index (χ0n) is 17.9. The van der Waals surface area contributed by atoms with Crippen molar-refractivity contribution in [2.24, 2.45) is 0 Å². The Balaban J connectivity index is 1.57. The Morgan fingerprint density at radius 3 is 2.40 bits per heavy atom. The molecule has 2 fully saturated rings. The average Bonchev–Trinajstić information content (AvgIpc) is 2.67. The number of amides is 1. The van der Waals surface area contributed by atoms with Crippen molar-refractivity contribution in [3.8, 4) is 0 Å². The molecule has 0 bridgehead atoms. The van der Waals surface area contributed by atoms with Gasteiger partial charge in [-0.05, 0) is 57.7 Å². The van der Waals surface area contributed by atoms with Gasteiger partial charge in [0.05, 0.1) is 0 Å². The number of carboxylic acids is 1. The van der Waals surface area contributed by atoms with E-state index in [0.29, 0.717) is 13.0 Å². The van der Waals surface area contributed by atoms with Crippen molar-refractivity contribution in [3.63, 3.8) is 0 Å². The second-order valence-electron chi connectivity index (χ2n) is 9.23. The van der Waals surface area contributed by atoms with Crippen LogP contribution in [-0.2, 0) is 9.53 Å². The van der Waals surface area contributed by atoms with Crippen LogP contribution >= 0.6 is 0 Å². The van der Waals surface area contributed by atoms with Crippen molar-refractivity contribution >= 4 is 12.1 Å².